The van der Waals surface area contributed by atoms with Gasteiger partial charge in [0.25, 0.3) is 5.91 Å². The molecule has 0 aliphatic carbocycles. The van der Waals surface area contributed by atoms with E-state index in [1.165, 1.54) is 29.3 Å². The van der Waals surface area contributed by atoms with Crippen molar-refractivity contribution in [3.05, 3.63) is 143 Å². The molecule has 14 nitrogen and oxygen atoms in total. The average Bonchev–Trinajstić information content (AvgIpc) is 3.83. The quantitative estimate of drug-likeness (QED) is 0.0369. The van der Waals surface area contributed by atoms with Crippen molar-refractivity contribution < 1.29 is 42.6 Å². The predicted octanol–water partition coefficient (Wildman–Crippen LogP) is 6.11. The van der Waals surface area contributed by atoms with Crippen LogP contribution in [-0.4, -0.2) is 72.2 Å². The molecule has 63 heavy (non-hydrogen) atoms. The van der Waals surface area contributed by atoms with Crippen molar-refractivity contribution in [1.29, 1.82) is 0 Å². The van der Waals surface area contributed by atoms with Gasteiger partial charge in [0.15, 0.2) is 5.78 Å². The number of nitrogens with one attached hydrogen (secondary N) is 4. The molecule has 0 bridgehead atoms. The first-order chi connectivity index (χ1) is 30.3. The van der Waals surface area contributed by atoms with Gasteiger partial charge >= 0.3 is 18.2 Å². The normalized spacial score (nSPS) is 16.0. The van der Waals surface area contributed by atoms with Gasteiger partial charge in [-0.15, -0.1) is 0 Å². The second-order valence-corrected chi connectivity index (χ2v) is 16.3. The maximum absolute atomic E-state index is 15.2. The number of benzene rings is 4. The first kappa shape index (κ1) is 47.9. The summed E-state index contributed by atoms with van der Waals surface area (Å²) in [6, 6.07) is 28.6. The number of ketones is 1. The second kappa shape index (κ2) is 23.9. The van der Waals surface area contributed by atoms with E-state index in [4.69, 9.17) is 19.9 Å². The van der Waals surface area contributed by atoms with Gasteiger partial charge in [0.05, 0.1) is 18.5 Å². The Labute approximate surface area is 368 Å². The fourth-order valence-electron chi connectivity index (χ4n) is 7.31. The Morgan fingerprint density at radius 3 is 1.76 bits per heavy atom. The molecule has 1 saturated heterocycles. The minimum absolute atomic E-state index is 0.0211. The van der Waals surface area contributed by atoms with Crippen LogP contribution in [0.3, 0.4) is 0 Å². The van der Waals surface area contributed by atoms with Crippen molar-refractivity contribution >= 4 is 29.8 Å². The van der Waals surface area contributed by atoms with Crippen molar-refractivity contribution in [1.82, 2.24) is 26.4 Å². The van der Waals surface area contributed by atoms with Gasteiger partial charge in [-0.05, 0) is 65.6 Å². The van der Waals surface area contributed by atoms with E-state index < -0.39 is 83.7 Å². The Bertz CT molecular complexity index is 2070. The number of Topliss-reactive ketones (excluding diaryl/α,β-unsaturated/α-hetero) is 1. The summed E-state index contributed by atoms with van der Waals surface area (Å²) in [5.41, 5.74) is 12.6. The number of rotatable bonds is 21. The van der Waals surface area contributed by atoms with Gasteiger partial charge < -0.3 is 35.9 Å². The molecule has 336 valence electrons. The zero-order valence-electron chi connectivity index (χ0n) is 36.2. The molecule has 6 N–H and O–H groups in total. The van der Waals surface area contributed by atoms with Crippen molar-refractivity contribution in [2.45, 2.75) is 90.6 Å². The van der Waals surface area contributed by atoms with Crippen molar-refractivity contribution in [2.24, 2.45) is 23.5 Å². The third kappa shape index (κ3) is 14.7. The topological polar surface area (TPSA) is 190 Å². The molecule has 1 fully saturated rings. The SMILES string of the molecule is CC(C)[C@H](NC(=O)OCc1ccccc1)C(=O)NN(Cc1ccc(F)cc1)C[C@@H](OC(=O)C1CCCN1)[C@@H](C(=O)[C@@H](NC(=O)OCc1ccccc1)C(C)C)C(N)c1ccccc1. The van der Waals surface area contributed by atoms with Crippen LogP contribution in [0.1, 0.15) is 68.8 Å². The lowest BCUT2D eigenvalue weighted by Crippen LogP contribution is -2.58. The number of nitrogens with zero attached hydrogens (tertiary/aromatic N) is 1. The number of hydrogen-bond acceptors (Lipinski definition) is 11. The van der Waals surface area contributed by atoms with Gasteiger partial charge in [0, 0.05) is 12.6 Å². The molecule has 0 radical (unpaired) electrons. The summed E-state index contributed by atoms with van der Waals surface area (Å²) in [5.74, 6) is -4.48. The molecule has 0 aromatic heterocycles. The maximum atomic E-state index is 15.2. The smallest absolute Gasteiger partial charge is 0.408 e. The highest BCUT2D eigenvalue weighted by molar-refractivity contribution is 5.91. The number of hydrogen-bond donors (Lipinski definition) is 5. The second-order valence-electron chi connectivity index (χ2n) is 16.3. The number of nitrogens with two attached hydrogens (primary N) is 1. The summed E-state index contributed by atoms with van der Waals surface area (Å²) in [6.07, 6.45) is -1.77. The summed E-state index contributed by atoms with van der Waals surface area (Å²) in [6.45, 7) is 7.21. The van der Waals surface area contributed by atoms with Crippen LogP contribution < -0.4 is 27.1 Å². The van der Waals surface area contributed by atoms with Crippen LogP contribution in [-0.2, 0) is 48.4 Å². The fraction of sp³-hybridized carbons (Fsp3) is 0.396. The number of carbonyl (C=O) groups excluding carboxylic acids is 5. The highest BCUT2D eigenvalue weighted by Crippen LogP contribution is 2.30. The standard InChI is InChI=1S/C48H59FN6O8/c1-31(2)42(52-47(59)61-29-34-15-8-5-9-16-34)44(56)40(41(50)36-19-12-7-13-20-36)39(63-46(58)38-21-14-26-51-38)28-55(27-33-22-24-37(49)25-23-33)54-45(57)43(32(3)4)53-48(60)62-30-35-17-10-6-11-18-35/h5-13,15-20,22-25,31-32,38-43,51H,14,21,26-30,50H2,1-4H3,(H,52,59)(H,53,60)(H,54,57)/t38?,39-,40-,41?,42+,43+/m1/s1. The molecule has 0 saturated carbocycles. The summed E-state index contributed by atoms with van der Waals surface area (Å²) in [7, 11) is 0. The summed E-state index contributed by atoms with van der Waals surface area (Å²) < 4.78 is 31.4. The van der Waals surface area contributed by atoms with Crippen LogP contribution in [0.25, 0.3) is 0 Å². The first-order valence-corrected chi connectivity index (χ1v) is 21.3. The zero-order chi connectivity index (χ0) is 45.3. The third-order valence-electron chi connectivity index (χ3n) is 10.8. The lowest BCUT2D eigenvalue weighted by Gasteiger charge is -2.37. The molecule has 4 aromatic carbocycles. The van der Waals surface area contributed by atoms with Crippen LogP contribution in [0.5, 0.6) is 0 Å². The number of hydrazine groups is 1. The van der Waals surface area contributed by atoms with Crippen LogP contribution >= 0.6 is 0 Å². The van der Waals surface area contributed by atoms with Gasteiger partial charge in [0.2, 0.25) is 0 Å². The van der Waals surface area contributed by atoms with Gasteiger partial charge in [-0.3, -0.25) is 19.8 Å². The highest BCUT2D eigenvalue weighted by Gasteiger charge is 2.44. The molecule has 1 aliphatic rings. The molecule has 6 atom stereocenters. The van der Waals surface area contributed by atoms with Crippen LogP contribution in [0.2, 0.25) is 0 Å². The zero-order valence-corrected chi connectivity index (χ0v) is 36.2. The summed E-state index contributed by atoms with van der Waals surface area (Å²) >= 11 is 0. The van der Waals surface area contributed by atoms with Gasteiger partial charge in [-0.2, -0.15) is 0 Å². The highest BCUT2D eigenvalue weighted by atomic mass is 19.1. The largest absolute Gasteiger partial charge is 0.459 e. The summed E-state index contributed by atoms with van der Waals surface area (Å²) in [5, 5.41) is 10.0. The molecule has 4 aromatic rings. The van der Waals surface area contributed by atoms with E-state index in [1.807, 2.05) is 36.4 Å². The Kier molecular flexibility index (Phi) is 18.2. The summed E-state index contributed by atoms with van der Waals surface area (Å²) in [4.78, 5) is 69.8. The number of ether oxygens (including phenoxy) is 3. The van der Waals surface area contributed by atoms with Gasteiger partial charge in [-0.1, -0.05) is 131 Å². The predicted molar refractivity (Wildman–Crippen MR) is 235 cm³/mol. The number of halogens is 1. The monoisotopic (exact) mass is 866 g/mol. The molecule has 2 unspecified atom stereocenters. The van der Waals surface area contributed by atoms with E-state index in [0.717, 1.165) is 17.5 Å². The van der Waals surface area contributed by atoms with Crippen molar-refractivity contribution in [2.75, 3.05) is 13.1 Å². The minimum Gasteiger partial charge on any atom is -0.459 e. The Hall–Kier alpha value is -6.16. The van der Waals surface area contributed by atoms with E-state index in [-0.39, 0.29) is 26.3 Å². The van der Waals surface area contributed by atoms with Crippen molar-refractivity contribution in [3.63, 3.8) is 0 Å². The molecular formula is C48H59FN6O8. The number of alkyl carbamates (subject to hydrolysis) is 2. The van der Waals surface area contributed by atoms with E-state index in [1.54, 1.807) is 82.3 Å². The Balaban J connectivity index is 1.49. The molecule has 15 heteroatoms. The molecule has 0 spiro atoms. The van der Waals surface area contributed by atoms with Crippen LogP contribution in [0.4, 0.5) is 14.0 Å². The number of amides is 3. The van der Waals surface area contributed by atoms with Crippen LogP contribution in [0, 0.1) is 23.6 Å². The minimum atomic E-state index is -1.34. The molecular weight excluding hydrogens is 808 g/mol. The Morgan fingerprint density at radius 1 is 0.730 bits per heavy atom. The van der Waals surface area contributed by atoms with E-state index in [9.17, 15) is 23.6 Å². The molecule has 1 aliphatic heterocycles. The van der Waals surface area contributed by atoms with E-state index in [2.05, 4.69) is 21.4 Å². The molecule has 3 amide bonds. The average molecular weight is 867 g/mol. The Morgan fingerprint density at radius 2 is 1.25 bits per heavy atom. The number of carbonyl (C=O) groups is 5. The van der Waals surface area contributed by atoms with Gasteiger partial charge in [-0.25, -0.2) is 19.0 Å². The fourth-order valence-corrected chi connectivity index (χ4v) is 7.31. The van der Waals surface area contributed by atoms with Crippen LogP contribution in [0.15, 0.2) is 115 Å². The molecule has 5 rings (SSSR count). The number of esters is 1. The van der Waals surface area contributed by atoms with E-state index >= 15 is 4.79 Å². The lowest BCUT2D eigenvalue weighted by atomic mass is 9.80. The van der Waals surface area contributed by atoms with Gasteiger partial charge in [0.1, 0.15) is 37.2 Å². The third-order valence-corrected chi connectivity index (χ3v) is 10.8. The maximum Gasteiger partial charge on any atom is 0.408 e. The first-order valence-electron chi connectivity index (χ1n) is 21.3. The molecule has 1 heterocycles. The van der Waals surface area contributed by atoms with Crippen molar-refractivity contribution in [3.8, 4) is 0 Å². The van der Waals surface area contributed by atoms with E-state index in [0.29, 0.717) is 24.1 Å². The lowest BCUT2D eigenvalue weighted by molar-refractivity contribution is -0.159.